The SMILES string of the molecule is COc1ccnc(C(=O)N[C@@H](C)C(=O)OC(C)C2(c3ccc(Cl)cc3)CCCCC2)c1O.COc1ccnc(C(=O)N[C@@H](C)C(=O)OC(C)C2(c3ccc(F)cc3)CC2c2ccccc2)c1O.COc1ccnc(C(=O)N[C@@H](C)C(=O)OC(C)C2(c3ccccc3)CC2c2ccc(F)cc2)c1O.COc1ccnc(C(=O)N[C@@H](C)C(=O)OC(C)C2(c3ccccc3)CC2c2ccccc2)c1O. The lowest BCUT2D eigenvalue weighted by Crippen LogP contribution is -2.46. The fourth-order valence-electron chi connectivity index (χ4n) is 18.2. The van der Waals surface area contributed by atoms with Gasteiger partial charge in [-0.2, -0.15) is 0 Å². The Bertz CT molecular complexity index is 6020. The van der Waals surface area contributed by atoms with Crippen molar-refractivity contribution < 1.29 is 105 Å². The first-order valence-electron chi connectivity index (χ1n) is 44.6. The maximum Gasteiger partial charge on any atom is 0.328 e. The van der Waals surface area contributed by atoms with Gasteiger partial charge in [0, 0.05) is 75.7 Å². The Labute approximate surface area is 792 Å². The van der Waals surface area contributed by atoms with Crippen LogP contribution >= 0.6 is 11.6 Å². The summed E-state index contributed by atoms with van der Waals surface area (Å²) in [6.45, 7) is 13.5. The number of methoxy groups -OCH3 is 4. The molecule has 28 nitrogen and oxygen atoms in total. The third kappa shape index (κ3) is 22.6. The lowest BCUT2D eigenvalue weighted by molar-refractivity contribution is -0.155. The molecule has 0 saturated heterocycles. The molecule has 4 heterocycles. The van der Waals surface area contributed by atoms with Crippen LogP contribution < -0.4 is 40.2 Å². The van der Waals surface area contributed by atoms with Gasteiger partial charge in [-0.15, -0.1) is 0 Å². The average molecular weight is 1880 g/mol. The molecule has 0 bridgehead atoms. The van der Waals surface area contributed by atoms with Gasteiger partial charge >= 0.3 is 23.9 Å². The molecule has 136 heavy (non-hydrogen) atoms. The number of carbonyl (C=O) groups excluding carboxylic acids is 8. The molecule has 4 aromatic heterocycles. The van der Waals surface area contributed by atoms with Gasteiger partial charge in [-0.25, -0.2) is 47.9 Å². The van der Waals surface area contributed by atoms with E-state index in [9.17, 15) is 67.6 Å². The number of hydrogen-bond donors (Lipinski definition) is 8. The van der Waals surface area contributed by atoms with Gasteiger partial charge in [0.1, 0.15) is 60.2 Å². The number of rotatable bonds is 31. The molecule has 10 unspecified atom stereocenters. The van der Waals surface area contributed by atoms with Crippen LogP contribution in [-0.2, 0) is 59.8 Å². The zero-order valence-electron chi connectivity index (χ0n) is 77.3. The number of aromatic nitrogens is 4. The van der Waals surface area contributed by atoms with Gasteiger partial charge in [0.25, 0.3) is 23.6 Å². The second-order valence-electron chi connectivity index (χ2n) is 34.2. The van der Waals surface area contributed by atoms with Crippen molar-refractivity contribution in [2.24, 2.45) is 0 Å². The van der Waals surface area contributed by atoms with Crippen LogP contribution in [0, 0.1) is 11.6 Å². The summed E-state index contributed by atoms with van der Waals surface area (Å²) in [5, 5.41) is 51.4. The lowest BCUT2D eigenvalue weighted by Gasteiger charge is -2.42. The third-order valence-electron chi connectivity index (χ3n) is 26.1. The lowest BCUT2D eigenvalue weighted by atomic mass is 9.66. The van der Waals surface area contributed by atoms with E-state index in [0.29, 0.717) is 5.02 Å². The molecule has 4 aliphatic carbocycles. The van der Waals surface area contributed by atoms with E-state index < -0.39 is 112 Å². The minimum Gasteiger partial charge on any atom is -0.503 e. The van der Waals surface area contributed by atoms with Crippen LogP contribution in [0.2, 0.25) is 5.02 Å². The van der Waals surface area contributed by atoms with Crippen LogP contribution in [0.1, 0.15) is 205 Å². The Balaban J connectivity index is 0.000000163. The molecular weight excluding hydrogens is 1770 g/mol. The van der Waals surface area contributed by atoms with E-state index in [1.807, 2.05) is 149 Å². The molecule has 4 fully saturated rings. The minimum absolute atomic E-state index is 0.0520. The van der Waals surface area contributed by atoms with Crippen molar-refractivity contribution in [3.8, 4) is 46.0 Å². The van der Waals surface area contributed by atoms with Crippen LogP contribution in [0.25, 0.3) is 0 Å². The van der Waals surface area contributed by atoms with Crippen LogP contribution in [-0.4, -0.2) is 165 Å². The second-order valence-corrected chi connectivity index (χ2v) is 34.6. The highest BCUT2D eigenvalue weighted by atomic mass is 35.5. The fraction of sp³-hybridized carbons (Fsp3) is 0.333. The number of nitrogens with one attached hydrogen (secondary N) is 4. The largest absolute Gasteiger partial charge is 0.503 e. The van der Waals surface area contributed by atoms with E-state index in [4.69, 9.17) is 49.5 Å². The number of ether oxygens (including phenoxy) is 8. The van der Waals surface area contributed by atoms with Crippen LogP contribution in [0.5, 0.6) is 46.0 Å². The molecule has 11 aromatic rings. The van der Waals surface area contributed by atoms with Crippen LogP contribution in [0.4, 0.5) is 8.78 Å². The zero-order valence-corrected chi connectivity index (χ0v) is 78.1. The van der Waals surface area contributed by atoms with E-state index in [0.717, 1.165) is 84.7 Å². The van der Waals surface area contributed by atoms with Crippen molar-refractivity contribution in [1.29, 1.82) is 0 Å². The number of benzene rings is 7. The normalized spacial score (nSPS) is 19.7. The van der Waals surface area contributed by atoms with E-state index >= 15 is 0 Å². The van der Waals surface area contributed by atoms with Gasteiger partial charge in [0.2, 0.25) is 0 Å². The predicted molar refractivity (Wildman–Crippen MR) is 502 cm³/mol. The van der Waals surface area contributed by atoms with Crippen molar-refractivity contribution in [1.82, 2.24) is 41.2 Å². The summed E-state index contributed by atoms with van der Waals surface area (Å²) in [7, 11) is 5.47. The molecule has 4 aliphatic rings. The number of amides is 4. The third-order valence-corrected chi connectivity index (χ3v) is 26.3. The van der Waals surface area contributed by atoms with Gasteiger partial charge < -0.3 is 79.6 Å². The summed E-state index contributed by atoms with van der Waals surface area (Å²) < 4.78 is 70.5. The Morgan fingerprint density at radius 1 is 0.331 bits per heavy atom. The summed E-state index contributed by atoms with van der Waals surface area (Å²) in [6, 6.07) is 62.2. The topological polar surface area (TPSA) is 391 Å². The first-order chi connectivity index (χ1) is 65.2. The number of aromatic hydroxyl groups is 4. The van der Waals surface area contributed by atoms with Crippen molar-refractivity contribution in [3.63, 3.8) is 0 Å². The highest BCUT2D eigenvalue weighted by Gasteiger charge is 2.63. The van der Waals surface area contributed by atoms with Crippen LogP contribution in [0.15, 0.2) is 243 Å². The molecule has 14 atom stereocenters. The molecule has 8 N–H and O–H groups in total. The number of nitrogens with zero attached hydrogens (tertiary/aromatic N) is 4. The van der Waals surface area contributed by atoms with Crippen molar-refractivity contribution in [2.75, 3.05) is 28.4 Å². The molecular formula is C105H111ClF2N8O20. The Hall–Kier alpha value is -14.6. The molecule has 712 valence electrons. The molecule has 4 amide bonds. The number of pyridine rings is 4. The highest BCUT2D eigenvalue weighted by Crippen LogP contribution is 2.66. The highest BCUT2D eigenvalue weighted by molar-refractivity contribution is 6.30. The minimum atomic E-state index is -1.00. The number of hydrogen-bond acceptors (Lipinski definition) is 24. The first kappa shape index (κ1) is 100. The van der Waals surface area contributed by atoms with Crippen LogP contribution in [0.3, 0.4) is 0 Å². The molecule has 31 heteroatoms. The first-order valence-corrected chi connectivity index (χ1v) is 45.0. The molecule has 4 saturated carbocycles. The van der Waals surface area contributed by atoms with E-state index in [2.05, 4.69) is 65.5 Å². The Morgan fingerprint density at radius 2 is 0.581 bits per heavy atom. The van der Waals surface area contributed by atoms with Crippen molar-refractivity contribution in [3.05, 3.63) is 322 Å². The molecule has 15 rings (SSSR count). The van der Waals surface area contributed by atoms with Crippen molar-refractivity contribution >= 4 is 59.1 Å². The number of esters is 4. The maximum atomic E-state index is 13.6. The molecule has 0 spiro atoms. The Morgan fingerprint density at radius 3 is 0.868 bits per heavy atom. The summed E-state index contributed by atoms with van der Waals surface area (Å²) in [6.07, 6.45) is 10.9. The number of halogens is 3. The summed E-state index contributed by atoms with van der Waals surface area (Å²) in [4.78, 5) is 118. The van der Waals surface area contributed by atoms with Gasteiger partial charge in [-0.3, -0.25) is 19.2 Å². The number of carbonyl (C=O) groups is 8. The summed E-state index contributed by atoms with van der Waals surface area (Å²) in [5.41, 5.74) is 4.84. The van der Waals surface area contributed by atoms with Gasteiger partial charge in [0.15, 0.2) is 68.8 Å². The monoisotopic (exact) mass is 1880 g/mol. The summed E-state index contributed by atoms with van der Waals surface area (Å²) in [5.74, 6) is -6.64. The standard InChI is InChI=1S/2C27H27FN2O5.C27H28N2O5.C24H29ClN2O5/c1-16(30-25(32)23-24(31)22(34-3)13-14-29-23)26(33)35-17(2)27(19-7-5-4-6-8-19)15-21(27)18-9-11-20(28)12-10-18;1-16(30-25(32)23-24(31)22(34-3)13-14-29-23)26(33)35-17(2)27(19-9-11-20(28)12-10-19)15-21(27)18-7-5-4-6-8-18;1-17(29-25(31)23-24(30)22(33-3)14-15-28-23)26(32)34-18(2)27(20-12-8-5-9-13-20)16-21(27)19-10-6-4-7-11-19;1-15(27-22(29)20-21(28)19(31-3)11-14-26-20)23(30)32-16(2)24(12-5-4-6-13-24)17-7-9-18(25)10-8-17/h2*4-14,16-17,21,31H,15H2,1-3H3,(H,30,32);4-15,17-18,21,30H,16H2,1-3H3,(H,29,31);7-11,14-16,28H,4-6,12-13H2,1-3H3,(H,27,29)/t2*16-,17?,21?,27?;17-,18?,21?,27?;15-,16?/m0000/s1. The maximum absolute atomic E-state index is 13.6. The van der Waals surface area contributed by atoms with Gasteiger partial charge in [-0.05, 0) is 181 Å². The van der Waals surface area contributed by atoms with E-state index in [1.165, 1.54) is 121 Å². The van der Waals surface area contributed by atoms with E-state index in [1.54, 1.807) is 38.1 Å². The average Bonchev–Trinajstić information content (AvgIpc) is 1.56. The summed E-state index contributed by atoms with van der Waals surface area (Å²) >= 11 is 6.07. The van der Waals surface area contributed by atoms with Crippen molar-refractivity contribution in [2.45, 2.75) is 195 Å². The van der Waals surface area contributed by atoms with Gasteiger partial charge in [-0.1, -0.05) is 189 Å². The fourth-order valence-corrected chi connectivity index (χ4v) is 18.3. The molecule has 0 aliphatic heterocycles. The molecule has 0 radical (unpaired) electrons. The quantitative estimate of drug-likeness (QED) is 0.0148. The Kier molecular flexibility index (Phi) is 32.9. The zero-order chi connectivity index (χ0) is 97.9. The van der Waals surface area contributed by atoms with E-state index in [-0.39, 0.29) is 104 Å². The smallest absolute Gasteiger partial charge is 0.328 e. The molecule has 7 aromatic carbocycles. The second kappa shape index (κ2) is 44.5. The predicted octanol–water partition coefficient (Wildman–Crippen LogP) is 16.6. The van der Waals surface area contributed by atoms with Gasteiger partial charge in [0.05, 0.1) is 28.4 Å².